The molecule has 2 N–H and O–H groups in total. The van der Waals surface area contributed by atoms with Crippen LogP contribution in [0.1, 0.15) is 150 Å². The van der Waals surface area contributed by atoms with Crippen LogP contribution in [0.3, 0.4) is 0 Å². The number of carbonyl (C=O) groups is 2. The third-order valence-electron chi connectivity index (χ3n) is 7.04. The van der Waals surface area contributed by atoms with Crippen LogP contribution in [-0.2, 0) is 9.59 Å². The van der Waals surface area contributed by atoms with Gasteiger partial charge in [0.1, 0.15) is 12.6 Å². The molecule has 1 fully saturated rings. The highest BCUT2D eigenvalue weighted by Crippen LogP contribution is 2.46. The molecule has 1 rings (SSSR count). The molecule has 1 aliphatic rings. The lowest BCUT2D eigenvalue weighted by molar-refractivity contribution is -0.120. The quantitative estimate of drug-likeness (QED) is 0.195. The van der Waals surface area contributed by atoms with Crippen LogP contribution in [0.4, 0.5) is 0 Å². The zero-order valence-electron chi connectivity index (χ0n) is 34.3. The summed E-state index contributed by atoms with van der Waals surface area (Å²) in [6, 6.07) is 0.285. The Balaban J connectivity index is -0.000000115. The number of rotatable bonds is 13. The lowest BCUT2D eigenvalue weighted by Gasteiger charge is -2.32. The van der Waals surface area contributed by atoms with Crippen LogP contribution in [0.25, 0.3) is 0 Å². The maximum atomic E-state index is 10.9. The maximum Gasteiger partial charge on any atom is 0.132 e. The Bertz CT molecular complexity index is 780. The third-order valence-corrected chi connectivity index (χ3v) is 7.04. The second-order valence-electron chi connectivity index (χ2n) is 14.0. The Labute approximate surface area is 291 Å². The molecule has 4 atom stereocenters. The van der Waals surface area contributed by atoms with E-state index >= 15 is 0 Å². The van der Waals surface area contributed by atoms with Crippen molar-refractivity contribution >= 4 is 12.6 Å². The average molecular weight is 649 g/mol. The van der Waals surface area contributed by atoms with Gasteiger partial charge in [-0.2, -0.15) is 0 Å². The Kier molecular flexibility index (Phi) is 41.4. The smallest absolute Gasteiger partial charge is 0.132 e. The standard InChI is InChI=1S/C14H27N.C10H19N.C9H16O.C4H8.2C2H6.CH2O/c1-9-12(14(6,7)8)15-11(2)10-13(3,4)5;1-8(2)10(5)6-7-11-9(3)4;1-4-8-5-9(8)6(2)7(3)10;1-3-4-2;3*1-2/h9,12,15H,1-2,10H2,3-8H3;8,11H,3,5-7H2,1-2,4H3;6,8-9H,4-5H2,1-3H3;3H,1,4H2,2H3;2*1-2H3;1H2. The van der Waals surface area contributed by atoms with E-state index < -0.39 is 0 Å². The molecular formula is C42H84N2O2. The average Bonchev–Trinajstić information content (AvgIpc) is 3.77. The molecule has 1 saturated carbocycles. The number of ketones is 1. The van der Waals surface area contributed by atoms with E-state index in [0.29, 0.717) is 17.6 Å². The van der Waals surface area contributed by atoms with Crippen LogP contribution in [-0.4, -0.2) is 25.2 Å². The van der Waals surface area contributed by atoms with Crippen molar-refractivity contribution in [3.05, 3.63) is 62.0 Å². The van der Waals surface area contributed by atoms with Crippen LogP contribution in [0.15, 0.2) is 62.0 Å². The molecule has 0 spiro atoms. The molecule has 0 aliphatic heterocycles. The fourth-order valence-electron chi connectivity index (χ4n) is 3.92. The minimum atomic E-state index is 0.183. The summed E-state index contributed by atoms with van der Waals surface area (Å²) < 4.78 is 0. The number of hydrogen-bond acceptors (Lipinski definition) is 4. The van der Waals surface area contributed by atoms with E-state index in [1.807, 2.05) is 53.6 Å². The van der Waals surface area contributed by atoms with Gasteiger partial charge in [-0.1, -0.05) is 148 Å². The van der Waals surface area contributed by atoms with Crippen molar-refractivity contribution < 1.29 is 9.59 Å². The summed E-state index contributed by atoms with van der Waals surface area (Å²) in [5, 5.41) is 6.63. The van der Waals surface area contributed by atoms with Crippen LogP contribution >= 0.6 is 0 Å². The fourth-order valence-corrected chi connectivity index (χ4v) is 3.92. The molecule has 4 heteroatoms. The first-order valence-corrected chi connectivity index (χ1v) is 17.7. The van der Waals surface area contributed by atoms with Crippen molar-refractivity contribution in [1.29, 1.82) is 0 Å². The van der Waals surface area contributed by atoms with Crippen molar-refractivity contribution in [1.82, 2.24) is 10.6 Å². The molecule has 274 valence electrons. The maximum absolute atomic E-state index is 10.9. The van der Waals surface area contributed by atoms with Gasteiger partial charge in [0.2, 0.25) is 0 Å². The summed E-state index contributed by atoms with van der Waals surface area (Å²) in [6.45, 7) is 57.8. The van der Waals surface area contributed by atoms with Gasteiger partial charge in [0.25, 0.3) is 0 Å². The van der Waals surface area contributed by atoms with Gasteiger partial charge in [-0.05, 0) is 68.1 Å². The summed E-state index contributed by atoms with van der Waals surface area (Å²) in [5.41, 5.74) is 3.90. The van der Waals surface area contributed by atoms with Gasteiger partial charge in [-0.3, -0.25) is 4.79 Å². The highest BCUT2D eigenvalue weighted by molar-refractivity contribution is 5.78. The SMILES string of the molecule is C=C(C)NCCC(=C)C(C)C.C=CC(NC(=C)CC(C)(C)C)C(C)(C)C.C=CCC.C=O.CC.CC.CCC1CC1C(C)C(C)=O. The minimum absolute atomic E-state index is 0.183. The largest absolute Gasteiger partial charge is 0.389 e. The molecule has 0 radical (unpaired) electrons. The molecule has 0 aromatic heterocycles. The molecule has 46 heavy (non-hydrogen) atoms. The Morgan fingerprint density at radius 2 is 1.33 bits per heavy atom. The van der Waals surface area contributed by atoms with Gasteiger partial charge in [0.15, 0.2) is 0 Å². The third kappa shape index (κ3) is 39.7. The van der Waals surface area contributed by atoms with E-state index in [2.05, 4.69) is 120 Å². The number of Topliss-reactive ketones (excluding diaryl/α,β-unsaturated/α-hetero) is 1. The topological polar surface area (TPSA) is 58.2 Å². The summed E-state index contributed by atoms with van der Waals surface area (Å²) in [7, 11) is 0. The van der Waals surface area contributed by atoms with Gasteiger partial charge in [-0.25, -0.2) is 0 Å². The van der Waals surface area contributed by atoms with Gasteiger partial charge in [0, 0.05) is 29.9 Å². The Hall–Kier alpha value is -2.36. The first-order chi connectivity index (χ1) is 21.2. The zero-order valence-corrected chi connectivity index (χ0v) is 34.3. The summed E-state index contributed by atoms with van der Waals surface area (Å²) in [6.07, 6.45) is 9.51. The number of allylic oxidation sites excluding steroid dienone is 3. The van der Waals surface area contributed by atoms with Crippen molar-refractivity contribution in [2.24, 2.45) is 34.5 Å². The van der Waals surface area contributed by atoms with Crippen molar-refractivity contribution in [3.63, 3.8) is 0 Å². The Morgan fingerprint density at radius 3 is 1.57 bits per heavy atom. The second kappa shape index (κ2) is 34.0. The van der Waals surface area contributed by atoms with Crippen LogP contribution < -0.4 is 10.6 Å². The Morgan fingerprint density at radius 1 is 0.891 bits per heavy atom. The van der Waals surface area contributed by atoms with Crippen LogP contribution in [0.5, 0.6) is 0 Å². The molecule has 0 saturated heterocycles. The molecular weight excluding hydrogens is 564 g/mol. The van der Waals surface area contributed by atoms with Gasteiger partial charge < -0.3 is 15.4 Å². The normalized spacial score (nSPS) is 15.3. The predicted octanol–water partition coefficient (Wildman–Crippen LogP) is 12.5. The van der Waals surface area contributed by atoms with Crippen LogP contribution in [0, 0.1) is 34.5 Å². The van der Waals surface area contributed by atoms with E-state index in [-0.39, 0.29) is 16.9 Å². The monoisotopic (exact) mass is 649 g/mol. The number of carbonyl (C=O) groups excluding carboxylic acids is 2. The first kappa shape index (κ1) is 56.0. The fraction of sp³-hybridized carbons (Fsp3) is 0.714. The molecule has 4 unspecified atom stereocenters. The van der Waals surface area contributed by atoms with Crippen LogP contribution in [0.2, 0.25) is 0 Å². The van der Waals surface area contributed by atoms with Crippen molar-refractivity contribution in [2.75, 3.05) is 6.54 Å². The lowest BCUT2D eigenvalue weighted by Crippen LogP contribution is -2.38. The second-order valence-corrected chi connectivity index (χ2v) is 14.0. The van der Waals surface area contributed by atoms with E-state index in [1.54, 1.807) is 6.92 Å². The molecule has 0 amide bonds. The number of hydrogen-bond donors (Lipinski definition) is 2. The van der Waals surface area contributed by atoms with Gasteiger partial charge >= 0.3 is 0 Å². The summed E-state index contributed by atoms with van der Waals surface area (Å²) in [5.74, 6) is 2.87. The van der Waals surface area contributed by atoms with Crippen molar-refractivity contribution in [2.45, 2.75) is 156 Å². The van der Waals surface area contributed by atoms with E-state index in [4.69, 9.17) is 4.79 Å². The lowest BCUT2D eigenvalue weighted by atomic mass is 9.85. The van der Waals surface area contributed by atoms with Gasteiger partial charge in [0.05, 0.1) is 0 Å². The molecule has 4 nitrogen and oxygen atoms in total. The minimum Gasteiger partial charge on any atom is -0.389 e. The summed E-state index contributed by atoms with van der Waals surface area (Å²) in [4.78, 5) is 18.9. The highest BCUT2D eigenvalue weighted by Gasteiger charge is 2.40. The summed E-state index contributed by atoms with van der Waals surface area (Å²) >= 11 is 0. The molecule has 0 aromatic rings. The van der Waals surface area contributed by atoms with E-state index in [0.717, 1.165) is 49.0 Å². The van der Waals surface area contributed by atoms with E-state index in [1.165, 1.54) is 18.4 Å². The molecule has 1 aliphatic carbocycles. The van der Waals surface area contributed by atoms with E-state index in [9.17, 15) is 4.79 Å². The zero-order chi connectivity index (χ0) is 38.3. The van der Waals surface area contributed by atoms with Crippen molar-refractivity contribution in [3.8, 4) is 0 Å². The predicted molar refractivity (Wildman–Crippen MR) is 213 cm³/mol. The first-order valence-electron chi connectivity index (χ1n) is 17.7. The van der Waals surface area contributed by atoms with Gasteiger partial charge in [-0.15, -0.1) is 13.2 Å². The highest BCUT2D eigenvalue weighted by atomic mass is 16.1. The molecule has 0 heterocycles. The number of nitrogens with one attached hydrogen (secondary N) is 2. The molecule has 0 aromatic carbocycles. The molecule has 0 bridgehead atoms.